The van der Waals surface area contributed by atoms with Crippen LogP contribution in [0.15, 0.2) is 0 Å². The number of carbonyl (C=O) groups excluding carboxylic acids is 1. The summed E-state index contributed by atoms with van der Waals surface area (Å²) in [6, 6.07) is 0.277. The molecule has 0 radical (unpaired) electrons. The number of rotatable bonds is 7. The van der Waals surface area contributed by atoms with Gasteiger partial charge in [0.15, 0.2) is 0 Å². The van der Waals surface area contributed by atoms with Crippen molar-refractivity contribution in [2.45, 2.75) is 59.4 Å². The van der Waals surface area contributed by atoms with E-state index in [9.17, 15) is 4.79 Å². The van der Waals surface area contributed by atoms with Crippen molar-refractivity contribution in [1.29, 1.82) is 0 Å². The monoisotopic (exact) mass is 283 g/mol. The Morgan fingerprint density at radius 3 is 2.40 bits per heavy atom. The topological polar surface area (TPSA) is 49.6 Å². The van der Waals surface area contributed by atoms with Crippen LogP contribution in [0.5, 0.6) is 0 Å². The van der Waals surface area contributed by atoms with Crippen molar-refractivity contribution in [3.63, 3.8) is 0 Å². The molecule has 0 bridgehead atoms. The van der Waals surface area contributed by atoms with E-state index in [2.05, 4.69) is 32.6 Å². The average molecular weight is 283 g/mol. The maximum Gasteiger partial charge on any atom is 0.229 e. The summed E-state index contributed by atoms with van der Waals surface area (Å²) in [5, 5.41) is 0. The fourth-order valence-corrected chi connectivity index (χ4v) is 2.89. The molecule has 1 rings (SSSR count). The Morgan fingerprint density at radius 1 is 1.30 bits per heavy atom. The molecule has 20 heavy (non-hydrogen) atoms. The Bertz CT molecular complexity index is 296. The third-order valence-corrected chi connectivity index (χ3v) is 4.30. The number of piperidine rings is 1. The summed E-state index contributed by atoms with van der Waals surface area (Å²) in [5.74, 6) is 0.291. The minimum atomic E-state index is -0.300. The van der Waals surface area contributed by atoms with Crippen LogP contribution >= 0.6 is 0 Å². The second kappa shape index (κ2) is 7.99. The van der Waals surface area contributed by atoms with Crippen molar-refractivity contribution in [1.82, 2.24) is 9.80 Å². The lowest BCUT2D eigenvalue weighted by Gasteiger charge is -2.38. The van der Waals surface area contributed by atoms with E-state index in [1.165, 1.54) is 12.8 Å². The lowest BCUT2D eigenvalue weighted by Crippen LogP contribution is -2.51. The highest BCUT2D eigenvalue weighted by Gasteiger charge is 2.34. The van der Waals surface area contributed by atoms with E-state index in [0.717, 1.165) is 45.6 Å². The van der Waals surface area contributed by atoms with Gasteiger partial charge in [0.25, 0.3) is 0 Å². The number of carbonyl (C=O) groups is 1. The molecule has 1 aliphatic rings. The number of nitrogens with zero attached hydrogens (tertiary/aromatic N) is 2. The molecule has 0 atom stereocenters. The van der Waals surface area contributed by atoms with Crippen LogP contribution in [0.2, 0.25) is 0 Å². The van der Waals surface area contributed by atoms with Crippen LogP contribution in [0.3, 0.4) is 0 Å². The van der Waals surface area contributed by atoms with Gasteiger partial charge >= 0.3 is 0 Å². The molecule has 0 aliphatic carbocycles. The van der Waals surface area contributed by atoms with Crippen molar-refractivity contribution < 1.29 is 4.79 Å². The molecule has 1 aliphatic heterocycles. The second-order valence-electron chi connectivity index (χ2n) is 6.74. The third kappa shape index (κ3) is 5.06. The van der Waals surface area contributed by atoms with Crippen LogP contribution < -0.4 is 5.73 Å². The number of unbranched alkanes of at least 4 members (excludes halogenated alkanes) is 1. The van der Waals surface area contributed by atoms with Gasteiger partial charge in [-0.15, -0.1) is 0 Å². The highest BCUT2D eigenvalue weighted by Crippen LogP contribution is 2.23. The molecule has 118 valence electrons. The second-order valence-corrected chi connectivity index (χ2v) is 6.74. The van der Waals surface area contributed by atoms with E-state index in [1.54, 1.807) is 0 Å². The fourth-order valence-electron chi connectivity index (χ4n) is 2.89. The molecule has 0 saturated carbocycles. The Hall–Kier alpha value is -0.610. The summed E-state index contributed by atoms with van der Waals surface area (Å²) >= 11 is 0. The first-order valence-electron chi connectivity index (χ1n) is 8.18. The predicted octanol–water partition coefficient (Wildman–Crippen LogP) is 2.08. The van der Waals surface area contributed by atoms with Crippen LogP contribution in [0.4, 0.5) is 0 Å². The summed E-state index contributed by atoms with van der Waals surface area (Å²) in [4.78, 5) is 17.1. The summed E-state index contributed by atoms with van der Waals surface area (Å²) in [7, 11) is 0. The van der Waals surface area contributed by atoms with Gasteiger partial charge in [0.2, 0.25) is 5.91 Å². The smallest absolute Gasteiger partial charge is 0.229 e. The number of amides is 1. The molecule has 1 saturated heterocycles. The fraction of sp³-hybridized carbons (Fsp3) is 0.938. The Morgan fingerprint density at radius 2 is 1.90 bits per heavy atom. The molecule has 0 aromatic carbocycles. The molecular weight excluding hydrogens is 250 g/mol. The minimum Gasteiger partial charge on any atom is -0.342 e. The molecule has 4 nitrogen and oxygen atoms in total. The maximum atomic E-state index is 12.7. The van der Waals surface area contributed by atoms with E-state index < -0.39 is 0 Å². The van der Waals surface area contributed by atoms with Crippen LogP contribution in [0, 0.1) is 5.41 Å². The van der Waals surface area contributed by atoms with Gasteiger partial charge < -0.3 is 15.5 Å². The summed E-state index contributed by atoms with van der Waals surface area (Å²) < 4.78 is 0. The van der Waals surface area contributed by atoms with E-state index in [-0.39, 0.29) is 11.5 Å². The zero-order chi connectivity index (χ0) is 15.2. The van der Waals surface area contributed by atoms with Crippen LogP contribution in [0.1, 0.15) is 53.4 Å². The molecule has 1 fully saturated rings. The quantitative estimate of drug-likeness (QED) is 0.778. The summed E-state index contributed by atoms with van der Waals surface area (Å²) in [5.41, 5.74) is 5.62. The van der Waals surface area contributed by atoms with Crippen LogP contribution in [-0.2, 0) is 4.79 Å². The van der Waals surface area contributed by atoms with Gasteiger partial charge in [0.1, 0.15) is 0 Å². The molecular formula is C16H33N3O. The van der Waals surface area contributed by atoms with Gasteiger partial charge in [-0.1, -0.05) is 20.3 Å². The SMILES string of the molecule is CCCCN(CC)CC(C)(C)C(=O)N1CCC(N)CC1. The molecule has 1 amide bonds. The van der Waals surface area contributed by atoms with Crippen molar-refractivity contribution in [2.75, 3.05) is 32.7 Å². The number of hydrogen-bond acceptors (Lipinski definition) is 3. The van der Waals surface area contributed by atoms with Crippen molar-refractivity contribution in [3.05, 3.63) is 0 Å². The standard InChI is InChI=1S/C16H33N3O/c1-5-7-10-18(6-2)13-16(3,4)15(20)19-11-8-14(17)9-12-19/h14H,5-13,17H2,1-4H3. The van der Waals surface area contributed by atoms with E-state index in [4.69, 9.17) is 5.73 Å². The van der Waals surface area contributed by atoms with Crippen LogP contribution in [0.25, 0.3) is 0 Å². The van der Waals surface area contributed by atoms with Gasteiger partial charge in [-0.25, -0.2) is 0 Å². The molecule has 4 heteroatoms. The van der Waals surface area contributed by atoms with Crippen molar-refractivity contribution >= 4 is 5.91 Å². The lowest BCUT2D eigenvalue weighted by molar-refractivity contribution is -0.142. The van der Waals surface area contributed by atoms with E-state index >= 15 is 0 Å². The largest absolute Gasteiger partial charge is 0.342 e. The molecule has 2 N–H and O–H groups in total. The normalized spacial score (nSPS) is 17.8. The Kier molecular flexibility index (Phi) is 6.96. The number of nitrogens with two attached hydrogens (primary N) is 1. The molecule has 0 aromatic rings. The third-order valence-electron chi connectivity index (χ3n) is 4.30. The van der Waals surface area contributed by atoms with Gasteiger partial charge in [-0.05, 0) is 46.2 Å². The van der Waals surface area contributed by atoms with Gasteiger partial charge in [-0.3, -0.25) is 4.79 Å². The minimum absolute atomic E-state index is 0.277. The zero-order valence-corrected chi connectivity index (χ0v) is 13.8. The molecule has 1 heterocycles. The highest BCUT2D eigenvalue weighted by atomic mass is 16.2. The average Bonchev–Trinajstić information content (AvgIpc) is 2.43. The zero-order valence-electron chi connectivity index (χ0n) is 13.8. The Labute approximate surface area is 124 Å². The van der Waals surface area contributed by atoms with E-state index in [1.807, 2.05) is 4.90 Å². The molecule has 0 spiro atoms. The lowest BCUT2D eigenvalue weighted by atomic mass is 9.89. The first kappa shape index (κ1) is 17.4. The van der Waals surface area contributed by atoms with Gasteiger partial charge in [0, 0.05) is 25.7 Å². The first-order chi connectivity index (χ1) is 9.40. The van der Waals surface area contributed by atoms with E-state index in [0.29, 0.717) is 5.91 Å². The highest BCUT2D eigenvalue weighted by molar-refractivity contribution is 5.82. The van der Waals surface area contributed by atoms with Crippen LogP contribution in [-0.4, -0.2) is 54.5 Å². The summed E-state index contributed by atoms with van der Waals surface area (Å²) in [6.45, 7) is 13.2. The number of hydrogen-bond donors (Lipinski definition) is 1. The summed E-state index contributed by atoms with van der Waals surface area (Å²) in [6.07, 6.45) is 4.29. The van der Waals surface area contributed by atoms with Crippen molar-refractivity contribution in [2.24, 2.45) is 11.1 Å². The first-order valence-corrected chi connectivity index (χ1v) is 8.18. The Balaban J connectivity index is 2.54. The predicted molar refractivity (Wildman–Crippen MR) is 84.6 cm³/mol. The molecule has 0 unspecified atom stereocenters. The molecule has 0 aromatic heterocycles. The number of likely N-dealkylation sites (tertiary alicyclic amines) is 1. The van der Waals surface area contributed by atoms with Gasteiger partial charge in [0.05, 0.1) is 5.41 Å². The van der Waals surface area contributed by atoms with Crippen molar-refractivity contribution in [3.8, 4) is 0 Å². The maximum absolute atomic E-state index is 12.7. The van der Waals surface area contributed by atoms with Gasteiger partial charge in [-0.2, -0.15) is 0 Å².